The van der Waals surface area contributed by atoms with E-state index in [0.29, 0.717) is 0 Å². The molecule has 102 valence electrons. The fourth-order valence-corrected chi connectivity index (χ4v) is 4.63. The number of H-pyrrole nitrogens is 1. The molecule has 0 amide bonds. The van der Waals surface area contributed by atoms with Crippen molar-refractivity contribution in [1.82, 2.24) is 9.97 Å². The van der Waals surface area contributed by atoms with E-state index in [-0.39, 0.29) is 0 Å². The van der Waals surface area contributed by atoms with Gasteiger partial charge in [-0.15, -0.1) is 0 Å². The Hall–Kier alpha value is 0.410. The van der Waals surface area contributed by atoms with Crippen LogP contribution in [0.2, 0.25) is 0 Å². The Kier molecular flexibility index (Phi) is 4.27. The molecule has 3 rings (SSSR count). The molecule has 0 radical (unpaired) electrons. The number of aromatic nitrogens is 2. The van der Waals surface area contributed by atoms with Crippen LogP contribution in [0.4, 0.5) is 5.95 Å². The van der Waals surface area contributed by atoms with Gasteiger partial charge in [0.1, 0.15) is 5.52 Å². The molecule has 0 atom stereocenters. The fourth-order valence-electron chi connectivity index (χ4n) is 2.34. The second kappa shape index (κ2) is 5.66. The Morgan fingerprint density at radius 2 is 1.47 bits per heavy atom. The molecular formula is C12H11Br4N3. The highest BCUT2D eigenvalue weighted by Gasteiger charge is 2.20. The normalized spacial score (nSPS) is 16.3. The standard InChI is InChI=1S/C12H11Br4N3/c13-6-7(14)9(16)11-10(8(6)15)17-12(18-11)19-4-2-1-3-5-19/h1-5H2,(H,17,18). The SMILES string of the molecule is Brc1c(Br)c(Br)c2[nH]c(N3CCCCC3)nc2c1Br. The third-order valence-corrected chi connectivity index (χ3v) is 8.10. The minimum Gasteiger partial charge on any atom is -0.342 e. The highest BCUT2D eigenvalue weighted by molar-refractivity contribution is 9.15. The quantitative estimate of drug-likeness (QED) is 0.395. The molecule has 0 aliphatic carbocycles. The number of hydrogen-bond donors (Lipinski definition) is 1. The molecule has 7 heteroatoms. The number of anilines is 1. The Labute approximate surface area is 145 Å². The summed E-state index contributed by atoms with van der Waals surface area (Å²) in [5, 5.41) is 0. The van der Waals surface area contributed by atoms with E-state index in [1.165, 1.54) is 19.3 Å². The zero-order chi connectivity index (χ0) is 13.6. The third kappa shape index (κ3) is 2.51. The average molecular weight is 517 g/mol. The lowest BCUT2D eigenvalue weighted by Gasteiger charge is -2.25. The topological polar surface area (TPSA) is 31.9 Å². The molecule has 1 N–H and O–H groups in total. The van der Waals surface area contributed by atoms with Gasteiger partial charge in [-0.3, -0.25) is 0 Å². The number of nitrogens with one attached hydrogen (secondary N) is 1. The van der Waals surface area contributed by atoms with Gasteiger partial charge in [0, 0.05) is 22.0 Å². The van der Waals surface area contributed by atoms with E-state index in [4.69, 9.17) is 4.98 Å². The van der Waals surface area contributed by atoms with Gasteiger partial charge < -0.3 is 9.88 Å². The summed E-state index contributed by atoms with van der Waals surface area (Å²) in [5.41, 5.74) is 1.96. The molecule has 2 heterocycles. The van der Waals surface area contributed by atoms with E-state index >= 15 is 0 Å². The number of fused-ring (bicyclic) bond motifs is 1. The van der Waals surface area contributed by atoms with E-state index in [1.807, 2.05) is 0 Å². The van der Waals surface area contributed by atoms with Crippen molar-refractivity contribution < 1.29 is 0 Å². The van der Waals surface area contributed by atoms with Crippen molar-refractivity contribution in [2.24, 2.45) is 0 Å². The van der Waals surface area contributed by atoms with Crippen molar-refractivity contribution in [2.45, 2.75) is 19.3 Å². The Morgan fingerprint density at radius 1 is 0.842 bits per heavy atom. The van der Waals surface area contributed by atoms with E-state index in [2.05, 4.69) is 73.6 Å². The molecule has 1 aliphatic rings. The molecule has 0 saturated carbocycles. The van der Waals surface area contributed by atoms with Crippen LogP contribution in [-0.4, -0.2) is 23.1 Å². The summed E-state index contributed by atoms with van der Waals surface area (Å²) in [7, 11) is 0. The molecule has 19 heavy (non-hydrogen) atoms. The van der Waals surface area contributed by atoms with Crippen LogP contribution >= 0.6 is 63.7 Å². The summed E-state index contributed by atoms with van der Waals surface area (Å²) in [5.74, 6) is 0.959. The van der Waals surface area contributed by atoms with E-state index in [0.717, 1.165) is 48.0 Å². The minimum absolute atomic E-state index is 0.947. The summed E-state index contributed by atoms with van der Waals surface area (Å²) in [6, 6.07) is 0. The maximum Gasteiger partial charge on any atom is 0.203 e. The van der Waals surface area contributed by atoms with Gasteiger partial charge in [-0.2, -0.15) is 0 Å². The van der Waals surface area contributed by atoms with Gasteiger partial charge in [-0.1, -0.05) is 0 Å². The number of hydrogen-bond acceptors (Lipinski definition) is 2. The smallest absolute Gasteiger partial charge is 0.203 e. The van der Waals surface area contributed by atoms with Crippen LogP contribution < -0.4 is 4.90 Å². The van der Waals surface area contributed by atoms with E-state index < -0.39 is 0 Å². The number of rotatable bonds is 1. The predicted molar refractivity (Wildman–Crippen MR) is 93.0 cm³/mol. The van der Waals surface area contributed by atoms with E-state index in [1.54, 1.807) is 0 Å². The van der Waals surface area contributed by atoms with Crippen molar-refractivity contribution >= 4 is 80.7 Å². The first-order chi connectivity index (χ1) is 9.09. The Morgan fingerprint density at radius 3 is 2.16 bits per heavy atom. The average Bonchev–Trinajstić information content (AvgIpc) is 2.89. The number of imidazole rings is 1. The van der Waals surface area contributed by atoms with Gasteiger partial charge in [-0.05, 0) is 83.0 Å². The number of benzene rings is 1. The predicted octanol–water partition coefficient (Wildman–Crippen LogP) is 5.60. The number of piperidine rings is 1. The molecule has 0 bridgehead atoms. The molecule has 2 aromatic rings. The Balaban J connectivity index is 2.14. The van der Waals surface area contributed by atoms with Crippen LogP contribution in [0.1, 0.15) is 19.3 Å². The molecule has 1 aromatic carbocycles. The van der Waals surface area contributed by atoms with Crippen molar-refractivity contribution in [3.63, 3.8) is 0 Å². The molecule has 1 saturated heterocycles. The zero-order valence-electron chi connectivity index (χ0n) is 9.94. The molecule has 1 aliphatic heterocycles. The van der Waals surface area contributed by atoms with Crippen molar-refractivity contribution in [3.8, 4) is 0 Å². The van der Waals surface area contributed by atoms with Gasteiger partial charge in [0.25, 0.3) is 0 Å². The van der Waals surface area contributed by atoms with Gasteiger partial charge in [-0.25, -0.2) is 4.98 Å². The Bertz CT molecular complexity index is 587. The summed E-state index contributed by atoms with van der Waals surface area (Å²) in [6.45, 7) is 2.16. The van der Waals surface area contributed by atoms with Crippen LogP contribution in [0, 0.1) is 0 Å². The molecule has 0 unspecified atom stereocenters. The maximum atomic E-state index is 4.74. The number of halogens is 4. The summed E-state index contributed by atoms with van der Waals surface area (Å²) < 4.78 is 3.93. The van der Waals surface area contributed by atoms with Gasteiger partial charge >= 0.3 is 0 Å². The van der Waals surface area contributed by atoms with Crippen LogP contribution in [-0.2, 0) is 0 Å². The van der Waals surface area contributed by atoms with Crippen molar-refractivity contribution in [1.29, 1.82) is 0 Å². The van der Waals surface area contributed by atoms with Crippen LogP contribution in [0.5, 0.6) is 0 Å². The van der Waals surface area contributed by atoms with Gasteiger partial charge in [0.2, 0.25) is 5.95 Å². The molecule has 1 fully saturated rings. The monoisotopic (exact) mass is 513 g/mol. The number of aromatic amines is 1. The van der Waals surface area contributed by atoms with Gasteiger partial charge in [0.15, 0.2) is 0 Å². The lowest BCUT2D eigenvalue weighted by Crippen LogP contribution is -2.30. The summed E-state index contributed by atoms with van der Waals surface area (Å²) in [6.07, 6.45) is 3.81. The first kappa shape index (κ1) is 14.4. The lowest BCUT2D eigenvalue weighted by atomic mass is 10.1. The second-order valence-electron chi connectivity index (χ2n) is 4.59. The van der Waals surface area contributed by atoms with E-state index in [9.17, 15) is 0 Å². The first-order valence-electron chi connectivity index (χ1n) is 6.06. The summed E-state index contributed by atoms with van der Waals surface area (Å²) in [4.78, 5) is 10.5. The third-order valence-electron chi connectivity index (χ3n) is 3.35. The molecule has 1 aromatic heterocycles. The van der Waals surface area contributed by atoms with Crippen LogP contribution in [0.25, 0.3) is 11.0 Å². The fraction of sp³-hybridized carbons (Fsp3) is 0.417. The molecule has 3 nitrogen and oxygen atoms in total. The zero-order valence-corrected chi connectivity index (χ0v) is 16.3. The van der Waals surface area contributed by atoms with Crippen molar-refractivity contribution in [3.05, 3.63) is 17.9 Å². The highest BCUT2D eigenvalue weighted by Crippen LogP contribution is 2.43. The van der Waals surface area contributed by atoms with Gasteiger partial charge in [0.05, 0.1) is 14.5 Å². The lowest BCUT2D eigenvalue weighted by molar-refractivity contribution is 0.570. The first-order valence-corrected chi connectivity index (χ1v) is 9.23. The number of nitrogens with zero attached hydrogens (tertiary/aromatic N) is 2. The minimum atomic E-state index is 0.947. The largest absolute Gasteiger partial charge is 0.342 e. The molecule has 0 spiro atoms. The highest BCUT2D eigenvalue weighted by atomic mass is 79.9. The second-order valence-corrected chi connectivity index (χ2v) is 7.76. The molecular weight excluding hydrogens is 506 g/mol. The summed E-state index contributed by atoms with van der Waals surface area (Å²) >= 11 is 14.4. The maximum absolute atomic E-state index is 4.74. The van der Waals surface area contributed by atoms with Crippen LogP contribution in [0.15, 0.2) is 17.9 Å². The van der Waals surface area contributed by atoms with Crippen molar-refractivity contribution in [2.75, 3.05) is 18.0 Å². The van der Waals surface area contributed by atoms with Crippen LogP contribution in [0.3, 0.4) is 0 Å².